The average molecular weight is 249 g/mol. The maximum absolute atomic E-state index is 11.9. The van der Waals surface area contributed by atoms with E-state index in [1.54, 1.807) is 0 Å². The van der Waals surface area contributed by atoms with Crippen LogP contribution in [0.3, 0.4) is 0 Å². The lowest BCUT2D eigenvalue weighted by atomic mass is 10.1. The monoisotopic (exact) mass is 248 g/mol. The van der Waals surface area contributed by atoms with Crippen LogP contribution in [-0.2, 0) is 0 Å². The summed E-state index contributed by atoms with van der Waals surface area (Å²) in [6, 6.07) is 8.08. The molecule has 0 aliphatic carbocycles. The van der Waals surface area contributed by atoms with E-state index in [2.05, 4.69) is 0 Å². The molecule has 1 rings (SSSR count). The molecule has 1 aromatic rings. The van der Waals surface area contributed by atoms with E-state index < -0.39 is 5.91 Å². The molecule has 0 aliphatic heterocycles. The predicted molar refractivity (Wildman–Crippen MR) is 63.0 cm³/mol. The van der Waals surface area contributed by atoms with Crippen LogP contribution in [0.1, 0.15) is 10.4 Å². The number of anilines is 1. The highest BCUT2D eigenvalue weighted by Gasteiger charge is 2.15. The van der Waals surface area contributed by atoms with Gasteiger partial charge < -0.3 is 10.6 Å². The molecule has 0 unspecified atom stereocenters. The molecular formula is C11H9ClN4O. The van der Waals surface area contributed by atoms with E-state index in [1.807, 2.05) is 12.1 Å². The molecule has 5 nitrogen and oxygen atoms in total. The van der Waals surface area contributed by atoms with Gasteiger partial charge in [-0.1, -0.05) is 11.6 Å². The molecule has 2 N–H and O–H groups in total. The standard InChI is InChI=1S/C11H9ClN4O/c12-9-2-1-8(7-10(9)15)11(17)16(5-3-13)6-4-14/h1-2,7H,5-6,15H2. The Balaban J connectivity index is 2.98. The normalized spacial score (nSPS) is 9.12. The molecule has 0 aromatic heterocycles. The Morgan fingerprint density at radius 3 is 2.41 bits per heavy atom. The Morgan fingerprint density at radius 2 is 1.94 bits per heavy atom. The van der Waals surface area contributed by atoms with E-state index in [-0.39, 0.29) is 18.8 Å². The summed E-state index contributed by atoms with van der Waals surface area (Å²) >= 11 is 5.73. The smallest absolute Gasteiger partial charge is 0.255 e. The van der Waals surface area contributed by atoms with E-state index in [0.717, 1.165) is 4.90 Å². The minimum absolute atomic E-state index is 0.144. The van der Waals surface area contributed by atoms with Crippen LogP contribution in [0.25, 0.3) is 0 Å². The fraction of sp³-hybridized carbons (Fsp3) is 0.182. The number of nitrogen functional groups attached to an aromatic ring is 1. The average Bonchev–Trinajstić information content (AvgIpc) is 2.31. The number of nitriles is 2. The number of nitrogens with zero attached hydrogens (tertiary/aromatic N) is 3. The van der Waals surface area contributed by atoms with Crippen LogP contribution in [-0.4, -0.2) is 23.9 Å². The van der Waals surface area contributed by atoms with Crippen LogP contribution in [0.5, 0.6) is 0 Å². The van der Waals surface area contributed by atoms with Crippen molar-refractivity contribution in [2.24, 2.45) is 0 Å². The molecule has 0 bridgehead atoms. The first-order valence-electron chi connectivity index (χ1n) is 4.68. The van der Waals surface area contributed by atoms with E-state index in [4.69, 9.17) is 27.9 Å². The van der Waals surface area contributed by atoms with Crippen molar-refractivity contribution < 1.29 is 4.79 Å². The number of amides is 1. The van der Waals surface area contributed by atoms with Crippen molar-refractivity contribution in [1.29, 1.82) is 10.5 Å². The number of nitrogens with two attached hydrogens (primary N) is 1. The molecule has 0 fully saturated rings. The molecule has 0 heterocycles. The number of rotatable bonds is 3. The van der Waals surface area contributed by atoms with Gasteiger partial charge in [0.1, 0.15) is 13.1 Å². The lowest BCUT2D eigenvalue weighted by molar-refractivity contribution is 0.0795. The van der Waals surface area contributed by atoms with Crippen molar-refractivity contribution in [1.82, 2.24) is 4.90 Å². The van der Waals surface area contributed by atoms with Gasteiger partial charge in [0.25, 0.3) is 5.91 Å². The lowest BCUT2D eigenvalue weighted by Crippen LogP contribution is -2.31. The van der Waals surface area contributed by atoms with Gasteiger partial charge in [0.2, 0.25) is 0 Å². The van der Waals surface area contributed by atoms with Gasteiger partial charge in [0.05, 0.1) is 22.8 Å². The van der Waals surface area contributed by atoms with Gasteiger partial charge in [-0.05, 0) is 18.2 Å². The largest absolute Gasteiger partial charge is 0.398 e. The molecule has 6 heteroatoms. The number of carbonyl (C=O) groups is 1. The molecule has 0 aliphatic rings. The summed E-state index contributed by atoms with van der Waals surface area (Å²) < 4.78 is 0. The van der Waals surface area contributed by atoms with Crippen LogP contribution < -0.4 is 5.73 Å². The first-order valence-corrected chi connectivity index (χ1v) is 5.06. The molecule has 1 amide bonds. The predicted octanol–water partition coefficient (Wildman–Crippen LogP) is 1.41. The highest BCUT2D eigenvalue weighted by Crippen LogP contribution is 2.20. The highest BCUT2D eigenvalue weighted by atomic mass is 35.5. The van der Waals surface area contributed by atoms with E-state index in [0.29, 0.717) is 10.6 Å². The zero-order valence-corrected chi connectivity index (χ0v) is 9.61. The first kappa shape index (κ1) is 12.8. The summed E-state index contributed by atoms with van der Waals surface area (Å²) in [6.07, 6.45) is 0. The Morgan fingerprint density at radius 1 is 1.35 bits per heavy atom. The highest BCUT2D eigenvalue weighted by molar-refractivity contribution is 6.33. The Hall–Kier alpha value is -2.24. The lowest BCUT2D eigenvalue weighted by Gasteiger charge is -2.16. The quantitative estimate of drug-likeness (QED) is 0.646. The number of halogens is 1. The molecule has 0 saturated heterocycles. The summed E-state index contributed by atoms with van der Waals surface area (Å²) in [6.45, 7) is -0.288. The van der Waals surface area contributed by atoms with Gasteiger partial charge in [0, 0.05) is 5.56 Å². The molecule has 0 radical (unpaired) electrons. The summed E-state index contributed by atoms with van der Waals surface area (Å²) in [5.74, 6) is -0.420. The van der Waals surface area contributed by atoms with Gasteiger partial charge in [-0.25, -0.2) is 0 Å². The second-order valence-corrected chi connectivity index (χ2v) is 3.62. The second kappa shape index (κ2) is 5.74. The zero-order chi connectivity index (χ0) is 12.8. The summed E-state index contributed by atoms with van der Waals surface area (Å²) in [4.78, 5) is 13.0. The third kappa shape index (κ3) is 3.10. The Kier molecular flexibility index (Phi) is 4.33. The molecule has 1 aromatic carbocycles. The zero-order valence-electron chi connectivity index (χ0n) is 8.85. The van der Waals surface area contributed by atoms with Crippen LogP contribution in [0.2, 0.25) is 5.02 Å². The Labute approximate surface area is 104 Å². The minimum Gasteiger partial charge on any atom is -0.398 e. The summed E-state index contributed by atoms with van der Waals surface area (Å²) in [7, 11) is 0. The SMILES string of the molecule is N#CCN(CC#N)C(=O)c1ccc(Cl)c(N)c1. The number of hydrogen-bond acceptors (Lipinski definition) is 4. The van der Waals surface area contributed by atoms with E-state index in [1.165, 1.54) is 18.2 Å². The van der Waals surface area contributed by atoms with Gasteiger partial charge in [0.15, 0.2) is 0 Å². The third-order valence-electron chi connectivity index (χ3n) is 2.05. The van der Waals surface area contributed by atoms with E-state index in [9.17, 15) is 4.79 Å². The molecule has 17 heavy (non-hydrogen) atoms. The Bertz CT molecular complexity index is 499. The van der Waals surface area contributed by atoms with Gasteiger partial charge in [-0.15, -0.1) is 0 Å². The van der Waals surface area contributed by atoms with Crippen molar-refractivity contribution in [3.63, 3.8) is 0 Å². The van der Waals surface area contributed by atoms with Crippen LogP contribution >= 0.6 is 11.6 Å². The van der Waals surface area contributed by atoms with Gasteiger partial charge in [-0.3, -0.25) is 4.79 Å². The fourth-order valence-electron chi connectivity index (χ4n) is 1.23. The number of benzene rings is 1. The van der Waals surface area contributed by atoms with E-state index >= 15 is 0 Å². The maximum atomic E-state index is 11.9. The number of carbonyl (C=O) groups excluding carboxylic acids is 1. The molecule has 0 saturated carbocycles. The van der Waals surface area contributed by atoms with Crippen molar-refractivity contribution in [3.05, 3.63) is 28.8 Å². The molecule has 86 valence electrons. The molecular weight excluding hydrogens is 240 g/mol. The van der Waals surface area contributed by atoms with Gasteiger partial charge >= 0.3 is 0 Å². The van der Waals surface area contributed by atoms with Crippen LogP contribution in [0.15, 0.2) is 18.2 Å². The van der Waals surface area contributed by atoms with Crippen molar-refractivity contribution in [3.8, 4) is 12.1 Å². The summed E-state index contributed by atoms with van der Waals surface area (Å²) in [5.41, 5.74) is 6.16. The second-order valence-electron chi connectivity index (χ2n) is 3.21. The topological polar surface area (TPSA) is 93.9 Å². The van der Waals surface area contributed by atoms with Crippen molar-refractivity contribution in [2.75, 3.05) is 18.8 Å². The maximum Gasteiger partial charge on any atom is 0.255 e. The van der Waals surface area contributed by atoms with Crippen molar-refractivity contribution >= 4 is 23.2 Å². The fourth-order valence-corrected chi connectivity index (χ4v) is 1.35. The minimum atomic E-state index is -0.420. The van der Waals surface area contributed by atoms with Crippen LogP contribution in [0.4, 0.5) is 5.69 Å². The number of hydrogen-bond donors (Lipinski definition) is 1. The first-order chi connectivity index (χ1) is 8.10. The van der Waals surface area contributed by atoms with Crippen LogP contribution in [0, 0.1) is 22.7 Å². The summed E-state index contributed by atoms with van der Waals surface area (Å²) in [5, 5.41) is 17.5. The molecule has 0 atom stereocenters. The van der Waals surface area contributed by atoms with Gasteiger partial charge in [-0.2, -0.15) is 10.5 Å². The van der Waals surface area contributed by atoms with Crippen molar-refractivity contribution in [2.45, 2.75) is 0 Å². The molecule has 0 spiro atoms. The third-order valence-corrected chi connectivity index (χ3v) is 2.40.